The van der Waals surface area contributed by atoms with E-state index in [1.165, 1.54) is 12.4 Å². The molecule has 0 saturated heterocycles. The Morgan fingerprint density at radius 3 is 2.15 bits per heavy atom. The van der Waals surface area contributed by atoms with Gasteiger partial charge in [-0.15, -0.1) is 0 Å². The number of allylic oxidation sites excluding steroid dienone is 2. The number of carbonyl (C=O) groups is 2. The molecule has 0 radical (unpaired) electrons. The number of rotatable bonds is 2. The van der Waals surface area contributed by atoms with Crippen molar-refractivity contribution in [1.82, 2.24) is 9.97 Å². The molecule has 0 saturated carbocycles. The van der Waals surface area contributed by atoms with E-state index >= 15 is 0 Å². The van der Waals surface area contributed by atoms with E-state index in [4.69, 9.17) is 11.6 Å². The average Bonchev–Trinajstić information content (AvgIpc) is 2.50. The summed E-state index contributed by atoms with van der Waals surface area (Å²) in [6.07, 6.45) is 2.72. The molecule has 98 valence electrons. The third-order valence-electron chi connectivity index (χ3n) is 2.82. The smallest absolute Gasteiger partial charge is 0.231 e. The summed E-state index contributed by atoms with van der Waals surface area (Å²) in [5.74, 6) is -0.950. The molecule has 2 aromatic rings. The zero-order valence-electron chi connectivity index (χ0n) is 10.1. The largest absolute Gasteiger partial charge is 0.351 e. The fourth-order valence-corrected chi connectivity index (χ4v) is 2.11. The number of hydrogen-bond acceptors (Lipinski definition) is 5. The van der Waals surface area contributed by atoms with Crippen molar-refractivity contribution >= 4 is 28.9 Å². The minimum absolute atomic E-state index is 0.0129. The number of nitrogens with one attached hydrogen (secondary N) is 1. The third kappa shape index (κ3) is 1.98. The minimum atomic E-state index is -0.507. The highest BCUT2D eigenvalue weighted by molar-refractivity contribution is 6.49. The second-order valence-corrected chi connectivity index (χ2v) is 4.47. The number of ketones is 2. The van der Waals surface area contributed by atoms with Crippen molar-refractivity contribution < 1.29 is 9.59 Å². The van der Waals surface area contributed by atoms with E-state index < -0.39 is 11.6 Å². The number of para-hydroxylation sites is 1. The summed E-state index contributed by atoms with van der Waals surface area (Å²) < 4.78 is 0. The van der Waals surface area contributed by atoms with E-state index in [1.54, 1.807) is 24.3 Å². The maximum atomic E-state index is 12.3. The zero-order valence-corrected chi connectivity index (χ0v) is 10.9. The van der Waals surface area contributed by atoms with Crippen LogP contribution in [0.1, 0.15) is 21.0 Å². The molecule has 0 fully saturated rings. The van der Waals surface area contributed by atoms with Crippen LogP contribution in [0.2, 0.25) is 0 Å². The molecule has 1 aliphatic carbocycles. The van der Waals surface area contributed by atoms with Gasteiger partial charge in [0.2, 0.25) is 11.6 Å². The zero-order chi connectivity index (χ0) is 14.1. The van der Waals surface area contributed by atoms with Crippen molar-refractivity contribution in [2.45, 2.75) is 0 Å². The molecule has 1 N–H and O–H groups in total. The second-order valence-electron chi connectivity index (χ2n) is 4.09. The van der Waals surface area contributed by atoms with E-state index in [-0.39, 0.29) is 22.1 Å². The molecule has 1 aliphatic rings. The Hall–Kier alpha value is -2.53. The SMILES string of the molecule is O=C1C(Cl)=C(Nc2ccccc2)C(=O)c2nccnc21. The number of nitrogens with zero attached hydrogens (tertiary/aromatic N) is 2. The lowest BCUT2D eigenvalue weighted by atomic mass is 10.0. The maximum absolute atomic E-state index is 12.3. The molecule has 0 spiro atoms. The summed E-state index contributed by atoms with van der Waals surface area (Å²) in [7, 11) is 0. The lowest BCUT2D eigenvalue weighted by molar-refractivity contribution is 0.0974. The van der Waals surface area contributed by atoms with Gasteiger partial charge in [0, 0.05) is 18.1 Å². The Labute approximate surface area is 119 Å². The monoisotopic (exact) mass is 285 g/mol. The van der Waals surface area contributed by atoms with Crippen molar-refractivity contribution in [3.8, 4) is 0 Å². The Bertz CT molecular complexity index is 741. The molecule has 1 aromatic heterocycles. The Morgan fingerprint density at radius 1 is 0.900 bits per heavy atom. The number of Topliss-reactive ketones (excluding diaryl/α,β-unsaturated/α-hetero) is 2. The number of fused-ring (bicyclic) bond motifs is 1. The fourth-order valence-electron chi connectivity index (χ4n) is 1.88. The van der Waals surface area contributed by atoms with Gasteiger partial charge >= 0.3 is 0 Å². The van der Waals surface area contributed by atoms with E-state index in [2.05, 4.69) is 15.3 Å². The first kappa shape index (κ1) is 12.5. The van der Waals surface area contributed by atoms with Gasteiger partial charge in [-0.1, -0.05) is 29.8 Å². The molecular weight excluding hydrogens is 278 g/mol. The summed E-state index contributed by atoms with van der Waals surface area (Å²) in [4.78, 5) is 32.2. The van der Waals surface area contributed by atoms with E-state index in [0.29, 0.717) is 5.69 Å². The van der Waals surface area contributed by atoms with Crippen LogP contribution in [0.25, 0.3) is 0 Å². The van der Waals surface area contributed by atoms with Gasteiger partial charge in [-0.05, 0) is 12.1 Å². The molecular formula is C14H8ClN3O2. The number of hydrogen-bond donors (Lipinski definition) is 1. The quantitative estimate of drug-likeness (QED) is 0.917. The van der Waals surface area contributed by atoms with Gasteiger partial charge in [-0.3, -0.25) is 9.59 Å². The van der Waals surface area contributed by atoms with Crippen LogP contribution in [0.4, 0.5) is 5.69 Å². The first-order valence-corrected chi connectivity index (χ1v) is 6.18. The first-order valence-electron chi connectivity index (χ1n) is 5.80. The average molecular weight is 286 g/mol. The molecule has 0 unspecified atom stereocenters. The molecule has 0 aliphatic heterocycles. The van der Waals surface area contributed by atoms with E-state index in [0.717, 1.165) is 0 Å². The Balaban J connectivity index is 2.06. The highest BCUT2D eigenvalue weighted by Crippen LogP contribution is 2.26. The molecule has 6 heteroatoms. The van der Waals surface area contributed by atoms with Crippen LogP contribution in [0, 0.1) is 0 Å². The maximum Gasteiger partial charge on any atom is 0.231 e. The van der Waals surface area contributed by atoms with Crippen molar-refractivity contribution in [1.29, 1.82) is 0 Å². The number of aromatic nitrogens is 2. The van der Waals surface area contributed by atoms with Crippen LogP contribution in [-0.4, -0.2) is 21.5 Å². The number of carbonyl (C=O) groups excluding carboxylic acids is 2. The topological polar surface area (TPSA) is 72.0 Å². The van der Waals surface area contributed by atoms with E-state index in [9.17, 15) is 9.59 Å². The number of halogens is 1. The molecule has 0 atom stereocenters. The van der Waals surface area contributed by atoms with Gasteiger partial charge in [-0.25, -0.2) is 9.97 Å². The number of benzene rings is 1. The molecule has 3 rings (SSSR count). The molecule has 5 nitrogen and oxygen atoms in total. The predicted molar refractivity (Wildman–Crippen MR) is 73.6 cm³/mol. The standard InChI is InChI=1S/C14H8ClN3O2/c15-9-10(18-8-4-2-1-3-5-8)14(20)12-11(13(9)19)16-6-7-17-12/h1-7,18H. The summed E-state index contributed by atoms with van der Waals surface area (Å²) >= 11 is 5.98. The van der Waals surface area contributed by atoms with E-state index in [1.807, 2.05) is 6.07 Å². The van der Waals surface area contributed by atoms with Crippen molar-refractivity contribution in [2.75, 3.05) is 5.32 Å². The highest BCUT2D eigenvalue weighted by atomic mass is 35.5. The minimum Gasteiger partial charge on any atom is -0.351 e. The Kier molecular flexibility index (Phi) is 3.04. The Morgan fingerprint density at radius 2 is 1.50 bits per heavy atom. The first-order chi connectivity index (χ1) is 9.68. The van der Waals surface area contributed by atoms with Crippen LogP contribution in [0.5, 0.6) is 0 Å². The molecule has 0 bridgehead atoms. The summed E-state index contributed by atoms with van der Waals surface area (Å²) in [5.41, 5.74) is 0.687. The van der Waals surface area contributed by atoms with Gasteiger partial charge in [0.25, 0.3) is 0 Å². The van der Waals surface area contributed by atoms with Crippen LogP contribution in [0.3, 0.4) is 0 Å². The summed E-state index contributed by atoms with van der Waals surface area (Å²) in [5, 5.41) is 2.69. The lowest BCUT2D eigenvalue weighted by Crippen LogP contribution is -2.26. The van der Waals surface area contributed by atoms with Crippen LogP contribution >= 0.6 is 11.6 Å². The number of anilines is 1. The molecule has 0 amide bonds. The van der Waals surface area contributed by atoms with Crippen molar-refractivity contribution in [3.05, 3.63) is 64.8 Å². The lowest BCUT2D eigenvalue weighted by Gasteiger charge is -2.17. The van der Waals surface area contributed by atoms with Gasteiger partial charge in [0.05, 0.1) is 0 Å². The van der Waals surface area contributed by atoms with Gasteiger partial charge < -0.3 is 5.32 Å². The normalized spacial score (nSPS) is 14.2. The van der Waals surface area contributed by atoms with Crippen molar-refractivity contribution in [2.24, 2.45) is 0 Å². The fraction of sp³-hybridized carbons (Fsp3) is 0. The molecule has 1 heterocycles. The second kappa shape index (κ2) is 4.86. The summed E-state index contributed by atoms with van der Waals surface area (Å²) in [6, 6.07) is 8.98. The van der Waals surface area contributed by atoms with Crippen LogP contribution in [0.15, 0.2) is 53.5 Å². The van der Waals surface area contributed by atoms with Crippen LogP contribution < -0.4 is 5.32 Å². The van der Waals surface area contributed by atoms with Crippen molar-refractivity contribution in [3.63, 3.8) is 0 Å². The van der Waals surface area contributed by atoms with Gasteiger partial charge in [0.15, 0.2) is 0 Å². The summed E-state index contributed by atoms with van der Waals surface area (Å²) in [6.45, 7) is 0. The predicted octanol–water partition coefficient (Wildman–Crippen LogP) is 2.42. The highest BCUT2D eigenvalue weighted by Gasteiger charge is 2.33. The van der Waals surface area contributed by atoms with Gasteiger partial charge in [0.1, 0.15) is 22.1 Å². The molecule has 20 heavy (non-hydrogen) atoms. The third-order valence-corrected chi connectivity index (χ3v) is 3.18. The van der Waals surface area contributed by atoms with Gasteiger partial charge in [-0.2, -0.15) is 0 Å². The molecule has 1 aromatic carbocycles. The van der Waals surface area contributed by atoms with Crippen LogP contribution in [-0.2, 0) is 0 Å².